The lowest BCUT2D eigenvalue weighted by Crippen LogP contribution is -2.07. The fourth-order valence-electron chi connectivity index (χ4n) is 2.06. The van der Waals surface area contributed by atoms with Crippen molar-refractivity contribution in [1.29, 1.82) is 0 Å². The first-order chi connectivity index (χ1) is 11.5. The molecule has 2 rings (SSSR count). The predicted molar refractivity (Wildman–Crippen MR) is 85.5 cm³/mol. The van der Waals surface area contributed by atoms with Gasteiger partial charge in [0.1, 0.15) is 5.69 Å². The molecule has 0 aliphatic carbocycles. The van der Waals surface area contributed by atoms with Crippen molar-refractivity contribution in [3.8, 4) is 0 Å². The minimum Gasteiger partial charge on any atom is -0.465 e. The van der Waals surface area contributed by atoms with Crippen LogP contribution in [0.3, 0.4) is 0 Å². The first kappa shape index (κ1) is 16.9. The van der Waals surface area contributed by atoms with Gasteiger partial charge in [-0.1, -0.05) is 12.1 Å². The highest BCUT2D eigenvalue weighted by atomic mass is 16.6. The molecule has 0 aromatic heterocycles. The highest BCUT2D eigenvalue weighted by molar-refractivity contribution is 5.97. The van der Waals surface area contributed by atoms with Crippen LogP contribution in [0.25, 0.3) is 0 Å². The monoisotopic (exact) mass is 330 g/mol. The summed E-state index contributed by atoms with van der Waals surface area (Å²) >= 11 is 0. The van der Waals surface area contributed by atoms with E-state index in [9.17, 15) is 19.7 Å². The SMILES string of the molecule is COC(=O)c1ccc(Nc2ccccc2C(=O)OC)c([N+](=O)[O-])c1. The van der Waals surface area contributed by atoms with Crippen LogP contribution in [0.4, 0.5) is 17.1 Å². The summed E-state index contributed by atoms with van der Waals surface area (Å²) in [4.78, 5) is 33.9. The van der Waals surface area contributed by atoms with E-state index < -0.39 is 16.9 Å². The Morgan fingerprint density at radius 2 is 1.67 bits per heavy atom. The van der Waals surface area contributed by atoms with Crippen molar-refractivity contribution in [2.24, 2.45) is 0 Å². The molecular weight excluding hydrogens is 316 g/mol. The molecule has 0 radical (unpaired) electrons. The number of nitrogens with zero attached hydrogens (tertiary/aromatic N) is 1. The molecule has 124 valence electrons. The van der Waals surface area contributed by atoms with Crippen LogP contribution in [-0.4, -0.2) is 31.1 Å². The maximum atomic E-state index is 11.8. The maximum absolute atomic E-state index is 11.8. The Hall–Kier alpha value is -3.42. The number of benzene rings is 2. The second-order valence-corrected chi connectivity index (χ2v) is 4.64. The number of nitro groups is 1. The van der Waals surface area contributed by atoms with E-state index in [1.165, 1.54) is 32.4 Å². The molecule has 2 aromatic carbocycles. The summed E-state index contributed by atoms with van der Waals surface area (Å²) in [6.45, 7) is 0. The van der Waals surface area contributed by atoms with E-state index in [0.29, 0.717) is 5.69 Å². The van der Waals surface area contributed by atoms with E-state index in [1.54, 1.807) is 18.2 Å². The van der Waals surface area contributed by atoms with Gasteiger partial charge in [-0.3, -0.25) is 10.1 Å². The molecule has 0 amide bonds. The standard InChI is InChI=1S/C16H14N2O6/c1-23-15(19)10-7-8-13(14(9-10)18(21)22)17-12-6-4-3-5-11(12)16(20)24-2/h3-9,17H,1-2H3. The summed E-state index contributed by atoms with van der Waals surface area (Å²) in [5.41, 5.74) is 0.433. The number of methoxy groups -OCH3 is 2. The van der Waals surface area contributed by atoms with E-state index in [0.717, 1.165) is 6.07 Å². The van der Waals surface area contributed by atoms with E-state index in [-0.39, 0.29) is 22.5 Å². The number of nitrogens with one attached hydrogen (secondary N) is 1. The summed E-state index contributed by atoms with van der Waals surface area (Å²) in [5.74, 6) is -1.26. The van der Waals surface area contributed by atoms with Crippen molar-refractivity contribution < 1.29 is 24.0 Å². The molecule has 0 aliphatic heterocycles. The van der Waals surface area contributed by atoms with Crippen molar-refractivity contribution in [1.82, 2.24) is 0 Å². The molecule has 8 heteroatoms. The van der Waals surface area contributed by atoms with E-state index in [4.69, 9.17) is 0 Å². The third-order valence-electron chi connectivity index (χ3n) is 3.22. The minimum atomic E-state index is -0.681. The molecule has 8 nitrogen and oxygen atoms in total. The Morgan fingerprint density at radius 3 is 2.29 bits per heavy atom. The summed E-state index contributed by atoms with van der Waals surface area (Å²) < 4.78 is 9.23. The van der Waals surface area contributed by atoms with Crippen LogP contribution in [0.15, 0.2) is 42.5 Å². The number of para-hydroxylation sites is 1. The molecule has 0 saturated heterocycles. The fourth-order valence-corrected chi connectivity index (χ4v) is 2.06. The molecule has 0 bridgehead atoms. The number of hydrogen-bond acceptors (Lipinski definition) is 7. The number of carbonyl (C=O) groups excluding carboxylic acids is 2. The lowest BCUT2D eigenvalue weighted by Gasteiger charge is -2.11. The van der Waals surface area contributed by atoms with Gasteiger partial charge in [0.05, 0.1) is 36.0 Å². The number of esters is 2. The predicted octanol–water partition coefficient (Wildman–Crippen LogP) is 2.91. The number of anilines is 2. The second-order valence-electron chi connectivity index (χ2n) is 4.64. The fraction of sp³-hybridized carbons (Fsp3) is 0.125. The Kier molecular flexibility index (Phi) is 5.10. The Morgan fingerprint density at radius 1 is 1.00 bits per heavy atom. The summed E-state index contributed by atoms with van der Waals surface area (Å²) in [7, 11) is 2.43. The van der Waals surface area contributed by atoms with Crippen LogP contribution in [0.5, 0.6) is 0 Å². The van der Waals surface area contributed by atoms with Crippen molar-refractivity contribution in [2.75, 3.05) is 19.5 Å². The van der Waals surface area contributed by atoms with Gasteiger partial charge in [0, 0.05) is 6.07 Å². The smallest absolute Gasteiger partial charge is 0.339 e. The first-order valence-corrected chi connectivity index (χ1v) is 6.79. The molecule has 0 atom stereocenters. The van der Waals surface area contributed by atoms with Crippen molar-refractivity contribution in [2.45, 2.75) is 0 Å². The average molecular weight is 330 g/mol. The van der Waals surface area contributed by atoms with Gasteiger partial charge in [-0.15, -0.1) is 0 Å². The summed E-state index contributed by atoms with van der Waals surface area (Å²) in [6, 6.07) is 10.3. The normalized spacial score (nSPS) is 9.92. The van der Waals surface area contributed by atoms with Crippen LogP contribution < -0.4 is 5.32 Å². The second kappa shape index (κ2) is 7.23. The summed E-state index contributed by atoms with van der Waals surface area (Å²) in [5, 5.41) is 14.1. The number of nitro benzene ring substituents is 1. The van der Waals surface area contributed by atoms with Gasteiger partial charge >= 0.3 is 11.9 Å². The Labute approximate surface area is 137 Å². The maximum Gasteiger partial charge on any atom is 0.339 e. The number of ether oxygens (including phenoxy) is 2. The molecule has 1 N–H and O–H groups in total. The van der Waals surface area contributed by atoms with Gasteiger partial charge in [-0.05, 0) is 24.3 Å². The molecule has 0 aliphatic rings. The van der Waals surface area contributed by atoms with Gasteiger partial charge in [-0.25, -0.2) is 9.59 Å². The highest BCUT2D eigenvalue weighted by Gasteiger charge is 2.20. The van der Waals surface area contributed by atoms with Crippen molar-refractivity contribution >= 4 is 29.0 Å². The lowest BCUT2D eigenvalue weighted by atomic mass is 10.1. The molecule has 0 fully saturated rings. The van der Waals surface area contributed by atoms with Crippen LogP contribution in [-0.2, 0) is 9.47 Å². The van der Waals surface area contributed by atoms with Gasteiger partial charge in [0.25, 0.3) is 5.69 Å². The Balaban J connectivity index is 2.45. The number of hydrogen-bond donors (Lipinski definition) is 1. The first-order valence-electron chi connectivity index (χ1n) is 6.79. The summed E-state index contributed by atoms with van der Waals surface area (Å²) in [6.07, 6.45) is 0. The van der Waals surface area contributed by atoms with E-state index in [1.807, 2.05) is 0 Å². The van der Waals surface area contributed by atoms with Crippen molar-refractivity contribution in [3.05, 3.63) is 63.7 Å². The third-order valence-corrected chi connectivity index (χ3v) is 3.22. The molecule has 0 saturated carbocycles. The molecule has 2 aromatic rings. The van der Waals surface area contributed by atoms with Crippen LogP contribution in [0.1, 0.15) is 20.7 Å². The molecule has 0 unspecified atom stereocenters. The topological polar surface area (TPSA) is 108 Å². The zero-order chi connectivity index (χ0) is 17.7. The van der Waals surface area contributed by atoms with Crippen LogP contribution in [0, 0.1) is 10.1 Å². The average Bonchev–Trinajstić information content (AvgIpc) is 2.61. The lowest BCUT2D eigenvalue weighted by molar-refractivity contribution is -0.383. The largest absolute Gasteiger partial charge is 0.465 e. The number of carbonyl (C=O) groups is 2. The van der Waals surface area contributed by atoms with Crippen LogP contribution in [0.2, 0.25) is 0 Å². The molecule has 0 spiro atoms. The Bertz CT molecular complexity index is 803. The molecule has 24 heavy (non-hydrogen) atoms. The highest BCUT2D eigenvalue weighted by Crippen LogP contribution is 2.30. The van der Waals surface area contributed by atoms with Gasteiger partial charge in [-0.2, -0.15) is 0 Å². The quantitative estimate of drug-likeness (QED) is 0.510. The van der Waals surface area contributed by atoms with Gasteiger partial charge < -0.3 is 14.8 Å². The molecule has 0 heterocycles. The third kappa shape index (κ3) is 3.49. The zero-order valence-electron chi connectivity index (χ0n) is 12.9. The van der Waals surface area contributed by atoms with Gasteiger partial charge in [0.15, 0.2) is 0 Å². The minimum absolute atomic E-state index is 0.0519. The van der Waals surface area contributed by atoms with E-state index >= 15 is 0 Å². The van der Waals surface area contributed by atoms with Crippen molar-refractivity contribution in [3.63, 3.8) is 0 Å². The van der Waals surface area contributed by atoms with Crippen LogP contribution >= 0.6 is 0 Å². The zero-order valence-corrected chi connectivity index (χ0v) is 12.9. The molecular formula is C16H14N2O6. The van der Waals surface area contributed by atoms with E-state index in [2.05, 4.69) is 14.8 Å². The number of rotatable bonds is 5. The van der Waals surface area contributed by atoms with Gasteiger partial charge in [0.2, 0.25) is 0 Å².